The molecule has 1 rings (SSSR count). The maximum atomic E-state index is 4.16. The Balaban J connectivity index is 3.40. The zero-order valence-corrected chi connectivity index (χ0v) is 8.89. The minimum absolute atomic E-state index is 0.163. The van der Waals surface area contributed by atoms with Crippen molar-refractivity contribution >= 4 is 6.08 Å². The Morgan fingerprint density at radius 3 is 2.31 bits per heavy atom. The molecule has 0 unspecified atom stereocenters. The summed E-state index contributed by atoms with van der Waals surface area (Å²) in [5, 5.41) is 0. The van der Waals surface area contributed by atoms with Gasteiger partial charge in [-0.25, -0.2) is 0 Å². The van der Waals surface area contributed by atoms with E-state index < -0.39 is 0 Å². The molecule has 1 aromatic heterocycles. The average Bonchev–Trinajstić information content (AvgIpc) is 2.01. The lowest BCUT2D eigenvalue weighted by Gasteiger charge is -2.23. The molecule has 0 spiro atoms. The Hall–Kier alpha value is -1.11. The molecule has 1 heterocycles. The summed E-state index contributed by atoms with van der Waals surface area (Å²) in [6.07, 6.45) is 5.66. The summed E-state index contributed by atoms with van der Waals surface area (Å²) >= 11 is 0. The fourth-order valence-corrected chi connectivity index (χ4v) is 1.77. The molecule has 0 aliphatic rings. The van der Waals surface area contributed by atoms with Crippen LogP contribution in [0.3, 0.4) is 0 Å². The third kappa shape index (κ3) is 1.97. The second-order valence-corrected chi connectivity index (χ2v) is 4.37. The highest BCUT2D eigenvalue weighted by atomic mass is 14.6. The summed E-state index contributed by atoms with van der Waals surface area (Å²) in [4.78, 5) is 4.16. The maximum absolute atomic E-state index is 4.16. The quantitative estimate of drug-likeness (QED) is 0.638. The van der Waals surface area contributed by atoms with Crippen LogP contribution in [0.2, 0.25) is 0 Å². The summed E-state index contributed by atoms with van der Waals surface area (Å²) < 4.78 is 0. The van der Waals surface area contributed by atoms with Gasteiger partial charge in [0, 0.05) is 12.4 Å². The van der Waals surface area contributed by atoms with Crippen molar-refractivity contribution in [3.63, 3.8) is 0 Å². The Kier molecular flexibility index (Phi) is 2.55. The van der Waals surface area contributed by atoms with E-state index in [1.807, 2.05) is 18.5 Å². The predicted molar refractivity (Wildman–Crippen MR) is 57.8 cm³/mol. The topological polar surface area (TPSA) is 12.9 Å². The first kappa shape index (κ1) is 9.97. The van der Waals surface area contributed by atoms with Gasteiger partial charge >= 0.3 is 0 Å². The van der Waals surface area contributed by atoms with E-state index in [-0.39, 0.29) is 5.41 Å². The molecule has 0 atom stereocenters. The number of nitrogens with zero attached hydrogens (tertiary/aromatic N) is 1. The SMILES string of the molecule is C=Cc1cncc(C)c1C(C)(C)C. The summed E-state index contributed by atoms with van der Waals surface area (Å²) in [5.41, 5.74) is 3.89. The van der Waals surface area contributed by atoms with E-state index in [1.54, 1.807) is 0 Å². The highest BCUT2D eigenvalue weighted by Crippen LogP contribution is 2.28. The molecule has 0 saturated heterocycles. The van der Waals surface area contributed by atoms with Crippen molar-refractivity contribution in [2.75, 3.05) is 0 Å². The van der Waals surface area contributed by atoms with Crippen LogP contribution in [-0.4, -0.2) is 4.98 Å². The number of aromatic nitrogens is 1. The molecule has 0 aromatic carbocycles. The van der Waals surface area contributed by atoms with E-state index >= 15 is 0 Å². The first-order valence-electron chi connectivity index (χ1n) is 4.54. The van der Waals surface area contributed by atoms with Gasteiger partial charge in [0.25, 0.3) is 0 Å². The first-order valence-corrected chi connectivity index (χ1v) is 4.54. The highest BCUT2D eigenvalue weighted by Gasteiger charge is 2.18. The summed E-state index contributed by atoms with van der Waals surface area (Å²) in [6.45, 7) is 12.5. The average molecular weight is 175 g/mol. The second-order valence-electron chi connectivity index (χ2n) is 4.37. The van der Waals surface area contributed by atoms with Crippen LogP contribution in [0.15, 0.2) is 19.0 Å². The zero-order valence-electron chi connectivity index (χ0n) is 8.89. The molecule has 0 saturated carbocycles. The Bertz CT molecular complexity index is 318. The van der Waals surface area contributed by atoms with Crippen LogP contribution in [0.5, 0.6) is 0 Å². The molecule has 13 heavy (non-hydrogen) atoms. The van der Waals surface area contributed by atoms with Crippen LogP contribution >= 0.6 is 0 Å². The van der Waals surface area contributed by atoms with Gasteiger partial charge < -0.3 is 0 Å². The van der Waals surface area contributed by atoms with E-state index in [0.717, 1.165) is 5.56 Å². The lowest BCUT2D eigenvalue weighted by atomic mass is 9.82. The molecule has 0 radical (unpaired) electrons. The van der Waals surface area contributed by atoms with E-state index in [4.69, 9.17) is 0 Å². The minimum Gasteiger partial charge on any atom is -0.264 e. The normalized spacial score (nSPS) is 11.4. The molecule has 0 amide bonds. The molecular weight excluding hydrogens is 158 g/mol. The first-order chi connectivity index (χ1) is 5.96. The maximum Gasteiger partial charge on any atom is 0.0343 e. The third-order valence-corrected chi connectivity index (χ3v) is 2.13. The van der Waals surface area contributed by atoms with Crippen molar-refractivity contribution in [2.45, 2.75) is 33.1 Å². The van der Waals surface area contributed by atoms with Crippen LogP contribution in [0, 0.1) is 6.92 Å². The number of aryl methyl sites for hydroxylation is 1. The molecule has 1 aromatic rings. The van der Waals surface area contributed by atoms with Gasteiger partial charge in [0.15, 0.2) is 0 Å². The largest absolute Gasteiger partial charge is 0.264 e. The minimum atomic E-state index is 0.163. The Labute approximate surface area is 80.5 Å². The van der Waals surface area contributed by atoms with E-state index in [2.05, 4.69) is 39.3 Å². The molecular formula is C12H17N. The van der Waals surface area contributed by atoms with Crippen molar-refractivity contribution < 1.29 is 0 Å². The van der Waals surface area contributed by atoms with Gasteiger partial charge in [0.05, 0.1) is 0 Å². The van der Waals surface area contributed by atoms with Gasteiger partial charge in [0.2, 0.25) is 0 Å². The van der Waals surface area contributed by atoms with Gasteiger partial charge in [-0.05, 0) is 29.0 Å². The lowest BCUT2D eigenvalue weighted by Crippen LogP contribution is -2.15. The van der Waals surface area contributed by atoms with Crippen LogP contribution in [0.4, 0.5) is 0 Å². The molecule has 1 nitrogen and oxygen atoms in total. The van der Waals surface area contributed by atoms with Gasteiger partial charge in [-0.15, -0.1) is 0 Å². The fourth-order valence-electron chi connectivity index (χ4n) is 1.77. The molecule has 0 fully saturated rings. The number of rotatable bonds is 1. The standard InChI is InChI=1S/C12H17N/c1-6-10-8-13-7-9(2)11(10)12(3,4)5/h6-8H,1H2,2-5H3. The van der Waals surface area contributed by atoms with Crippen LogP contribution < -0.4 is 0 Å². The summed E-state index contributed by atoms with van der Waals surface area (Å²) in [5.74, 6) is 0. The van der Waals surface area contributed by atoms with E-state index in [0.29, 0.717) is 0 Å². The monoisotopic (exact) mass is 175 g/mol. The fraction of sp³-hybridized carbons (Fsp3) is 0.417. The molecule has 0 bridgehead atoms. The van der Waals surface area contributed by atoms with Gasteiger partial charge in [-0.1, -0.05) is 33.4 Å². The van der Waals surface area contributed by atoms with Gasteiger partial charge in [-0.3, -0.25) is 4.98 Å². The Morgan fingerprint density at radius 1 is 1.31 bits per heavy atom. The van der Waals surface area contributed by atoms with Gasteiger partial charge in [0.1, 0.15) is 0 Å². The molecule has 70 valence electrons. The van der Waals surface area contributed by atoms with Crippen LogP contribution in [-0.2, 0) is 5.41 Å². The van der Waals surface area contributed by atoms with Gasteiger partial charge in [-0.2, -0.15) is 0 Å². The predicted octanol–water partition coefficient (Wildman–Crippen LogP) is 3.33. The molecule has 0 N–H and O–H groups in total. The number of hydrogen-bond donors (Lipinski definition) is 0. The summed E-state index contributed by atoms with van der Waals surface area (Å²) in [6, 6.07) is 0. The molecule has 1 heteroatoms. The third-order valence-electron chi connectivity index (χ3n) is 2.13. The van der Waals surface area contributed by atoms with Crippen molar-refractivity contribution in [1.29, 1.82) is 0 Å². The highest BCUT2D eigenvalue weighted by molar-refractivity contribution is 5.54. The Morgan fingerprint density at radius 2 is 1.92 bits per heavy atom. The lowest BCUT2D eigenvalue weighted by molar-refractivity contribution is 0.583. The number of hydrogen-bond acceptors (Lipinski definition) is 1. The molecule has 0 aliphatic carbocycles. The smallest absolute Gasteiger partial charge is 0.0343 e. The van der Waals surface area contributed by atoms with Crippen LogP contribution in [0.1, 0.15) is 37.5 Å². The van der Waals surface area contributed by atoms with Crippen molar-refractivity contribution in [3.8, 4) is 0 Å². The molecule has 0 aliphatic heterocycles. The summed E-state index contributed by atoms with van der Waals surface area (Å²) in [7, 11) is 0. The van der Waals surface area contributed by atoms with E-state index in [9.17, 15) is 0 Å². The number of pyridine rings is 1. The second kappa shape index (κ2) is 3.33. The zero-order chi connectivity index (χ0) is 10.1. The van der Waals surface area contributed by atoms with E-state index in [1.165, 1.54) is 11.1 Å². The van der Waals surface area contributed by atoms with Crippen molar-refractivity contribution in [3.05, 3.63) is 35.7 Å². The van der Waals surface area contributed by atoms with Crippen molar-refractivity contribution in [1.82, 2.24) is 4.98 Å². The van der Waals surface area contributed by atoms with Crippen molar-refractivity contribution in [2.24, 2.45) is 0 Å². The van der Waals surface area contributed by atoms with Crippen LogP contribution in [0.25, 0.3) is 6.08 Å².